The minimum atomic E-state index is -0.384. The van der Waals surface area contributed by atoms with E-state index in [-0.39, 0.29) is 29.1 Å². The summed E-state index contributed by atoms with van der Waals surface area (Å²) in [5.41, 5.74) is 3.03. The number of nitrogens with zero attached hydrogens (tertiary/aromatic N) is 4. The van der Waals surface area contributed by atoms with Crippen LogP contribution >= 0.6 is 0 Å². The summed E-state index contributed by atoms with van der Waals surface area (Å²) in [6.07, 6.45) is 0. The van der Waals surface area contributed by atoms with Crippen LogP contribution in [0.3, 0.4) is 0 Å². The lowest BCUT2D eigenvalue weighted by atomic mass is 9.94. The number of phenolic OH excluding ortho intramolecular Hbond substituents is 2. The monoisotopic (exact) mass is 420 g/mol. The van der Waals surface area contributed by atoms with Gasteiger partial charge in [-0.05, 0) is 64.4 Å². The first-order chi connectivity index (χ1) is 14.9. The highest BCUT2D eigenvalue weighted by Crippen LogP contribution is 2.43. The highest BCUT2D eigenvalue weighted by atomic mass is 19.1. The second-order valence-electron chi connectivity index (χ2n) is 7.39. The molecule has 7 nitrogen and oxygen atoms in total. The molecular weight excluding hydrogens is 399 g/mol. The van der Waals surface area contributed by atoms with Crippen molar-refractivity contribution < 1.29 is 19.3 Å². The number of halogens is 1. The number of hydrogen-bond acceptors (Lipinski definition) is 6. The average molecular weight is 420 g/mol. The molecule has 1 heterocycles. The predicted octanol–water partition coefficient (Wildman–Crippen LogP) is 4.68. The fourth-order valence-corrected chi connectivity index (χ4v) is 3.38. The highest BCUT2D eigenvalue weighted by molar-refractivity contribution is 5.82. The Morgan fingerprint density at radius 2 is 1.61 bits per heavy atom. The number of benzene rings is 3. The predicted molar refractivity (Wildman–Crippen MR) is 114 cm³/mol. The minimum Gasteiger partial charge on any atom is -0.507 e. The number of methoxy groups -OCH3 is 1. The molecule has 0 atom stereocenters. The topological polar surface area (TPSA) is 93.3 Å². The van der Waals surface area contributed by atoms with E-state index in [4.69, 9.17) is 4.74 Å². The third kappa shape index (κ3) is 3.79. The molecule has 0 aliphatic rings. The lowest BCUT2D eigenvalue weighted by Crippen LogP contribution is -2.00. The van der Waals surface area contributed by atoms with Gasteiger partial charge in [-0.2, -0.15) is 4.68 Å². The first-order valence-electron chi connectivity index (χ1n) is 9.68. The first kappa shape index (κ1) is 20.3. The Hall–Kier alpha value is -3.94. The minimum absolute atomic E-state index is 0.110. The van der Waals surface area contributed by atoms with E-state index in [9.17, 15) is 14.6 Å². The van der Waals surface area contributed by atoms with Crippen molar-refractivity contribution in [1.82, 2.24) is 20.2 Å². The molecule has 8 heteroatoms. The van der Waals surface area contributed by atoms with E-state index in [1.54, 1.807) is 13.2 Å². The Kier molecular flexibility index (Phi) is 5.29. The van der Waals surface area contributed by atoms with Crippen molar-refractivity contribution in [2.24, 2.45) is 0 Å². The molecule has 31 heavy (non-hydrogen) atoms. The SMILES string of the molecule is COc1ccc(C(C)C)cc1-c1cc(-c2nnnn2-c2ccc(F)cc2)c(O)cc1O. The van der Waals surface area contributed by atoms with Crippen LogP contribution in [0.5, 0.6) is 17.2 Å². The summed E-state index contributed by atoms with van der Waals surface area (Å²) in [5, 5.41) is 32.9. The summed E-state index contributed by atoms with van der Waals surface area (Å²) < 4.78 is 20.2. The zero-order valence-corrected chi connectivity index (χ0v) is 17.2. The Morgan fingerprint density at radius 1 is 0.903 bits per heavy atom. The molecule has 0 saturated carbocycles. The fourth-order valence-electron chi connectivity index (χ4n) is 3.38. The van der Waals surface area contributed by atoms with E-state index in [0.29, 0.717) is 28.1 Å². The third-order valence-electron chi connectivity index (χ3n) is 5.08. The van der Waals surface area contributed by atoms with Gasteiger partial charge in [-0.1, -0.05) is 19.9 Å². The molecule has 158 valence electrons. The number of phenols is 2. The smallest absolute Gasteiger partial charge is 0.190 e. The Bertz CT molecular complexity index is 1240. The molecule has 1 aromatic heterocycles. The van der Waals surface area contributed by atoms with Crippen molar-refractivity contribution in [2.45, 2.75) is 19.8 Å². The molecule has 0 fully saturated rings. The Balaban J connectivity index is 1.90. The van der Waals surface area contributed by atoms with Gasteiger partial charge in [-0.15, -0.1) is 5.10 Å². The van der Waals surface area contributed by atoms with Gasteiger partial charge in [0.15, 0.2) is 5.82 Å². The van der Waals surface area contributed by atoms with Crippen LogP contribution in [0.15, 0.2) is 54.6 Å². The normalized spacial score (nSPS) is 11.1. The molecular formula is C23H21FN4O3. The van der Waals surface area contributed by atoms with E-state index in [1.807, 2.05) is 18.2 Å². The molecule has 0 aliphatic heterocycles. The van der Waals surface area contributed by atoms with Crippen LogP contribution in [0.25, 0.3) is 28.2 Å². The maximum atomic E-state index is 13.3. The van der Waals surface area contributed by atoms with Crippen LogP contribution in [0.4, 0.5) is 4.39 Å². The van der Waals surface area contributed by atoms with Crippen molar-refractivity contribution in [3.63, 3.8) is 0 Å². The zero-order chi connectivity index (χ0) is 22.1. The molecule has 0 bridgehead atoms. The second-order valence-corrected chi connectivity index (χ2v) is 7.39. The van der Waals surface area contributed by atoms with Crippen molar-refractivity contribution in [3.05, 3.63) is 66.0 Å². The molecule has 0 spiro atoms. The van der Waals surface area contributed by atoms with Crippen LogP contribution in [-0.4, -0.2) is 37.5 Å². The number of rotatable bonds is 5. The summed E-state index contributed by atoms with van der Waals surface area (Å²) in [6, 6.07) is 14.3. The molecule has 3 aromatic carbocycles. The van der Waals surface area contributed by atoms with Crippen LogP contribution in [-0.2, 0) is 0 Å². The highest BCUT2D eigenvalue weighted by Gasteiger charge is 2.20. The summed E-state index contributed by atoms with van der Waals surface area (Å²) >= 11 is 0. The van der Waals surface area contributed by atoms with Crippen LogP contribution < -0.4 is 4.74 Å². The number of ether oxygens (including phenoxy) is 1. The standard InChI is InChI=1S/C23H21FN4O3/c1-13(2)14-4-9-22(31-3)18(10-14)17-11-19(21(30)12-20(17)29)23-25-26-27-28(23)16-7-5-15(24)6-8-16/h4-13,29-30H,1-3H3. The van der Waals surface area contributed by atoms with Gasteiger partial charge in [0.25, 0.3) is 0 Å². The van der Waals surface area contributed by atoms with Gasteiger partial charge >= 0.3 is 0 Å². The van der Waals surface area contributed by atoms with E-state index < -0.39 is 0 Å². The van der Waals surface area contributed by atoms with Crippen LogP contribution in [0.1, 0.15) is 25.3 Å². The van der Waals surface area contributed by atoms with Gasteiger partial charge in [-0.25, -0.2) is 4.39 Å². The van der Waals surface area contributed by atoms with Gasteiger partial charge in [-0.3, -0.25) is 0 Å². The summed E-state index contributed by atoms with van der Waals surface area (Å²) in [6.45, 7) is 4.15. The van der Waals surface area contributed by atoms with Gasteiger partial charge in [0.1, 0.15) is 23.1 Å². The lowest BCUT2D eigenvalue weighted by Gasteiger charge is -2.15. The van der Waals surface area contributed by atoms with Gasteiger partial charge in [0.05, 0.1) is 18.4 Å². The molecule has 4 aromatic rings. The molecule has 0 amide bonds. The summed E-state index contributed by atoms with van der Waals surface area (Å²) in [5.74, 6) is 0.401. The van der Waals surface area contributed by atoms with Gasteiger partial charge < -0.3 is 14.9 Å². The quantitative estimate of drug-likeness (QED) is 0.487. The molecule has 0 aliphatic carbocycles. The largest absolute Gasteiger partial charge is 0.507 e. The number of tetrazole rings is 1. The van der Waals surface area contributed by atoms with E-state index in [1.165, 1.54) is 35.0 Å². The van der Waals surface area contributed by atoms with E-state index >= 15 is 0 Å². The van der Waals surface area contributed by atoms with Crippen molar-refractivity contribution in [3.8, 4) is 45.5 Å². The molecule has 0 radical (unpaired) electrons. The Labute approximate surface area is 178 Å². The zero-order valence-electron chi connectivity index (χ0n) is 17.2. The molecule has 0 unspecified atom stereocenters. The summed E-state index contributed by atoms with van der Waals surface area (Å²) in [7, 11) is 1.56. The maximum Gasteiger partial charge on any atom is 0.190 e. The number of hydrogen-bond donors (Lipinski definition) is 2. The van der Waals surface area contributed by atoms with Gasteiger partial charge in [0.2, 0.25) is 0 Å². The van der Waals surface area contributed by atoms with Crippen molar-refractivity contribution in [1.29, 1.82) is 0 Å². The first-order valence-corrected chi connectivity index (χ1v) is 9.68. The lowest BCUT2D eigenvalue weighted by molar-refractivity contribution is 0.415. The number of aromatic nitrogens is 4. The third-order valence-corrected chi connectivity index (χ3v) is 5.08. The molecule has 2 N–H and O–H groups in total. The maximum absolute atomic E-state index is 13.3. The second kappa shape index (κ2) is 8.06. The Morgan fingerprint density at radius 3 is 2.29 bits per heavy atom. The average Bonchev–Trinajstić information content (AvgIpc) is 3.23. The molecule has 0 saturated heterocycles. The number of aromatic hydroxyl groups is 2. The van der Waals surface area contributed by atoms with Crippen molar-refractivity contribution in [2.75, 3.05) is 7.11 Å². The van der Waals surface area contributed by atoms with Crippen molar-refractivity contribution >= 4 is 0 Å². The van der Waals surface area contributed by atoms with Crippen LogP contribution in [0, 0.1) is 5.82 Å². The van der Waals surface area contributed by atoms with Gasteiger partial charge in [0, 0.05) is 17.2 Å². The van der Waals surface area contributed by atoms with Crippen LogP contribution in [0.2, 0.25) is 0 Å². The van der Waals surface area contributed by atoms with E-state index in [0.717, 1.165) is 5.56 Å². The summed E-state index contributed by atoms with van der Waals surface area (Å²) in [4.78, 5) is 0. The fraction of sp³-hybridized carbons (Fsp3) is 0.174. The molecule has 4 rings (SSSR count). The van der Waals surface area contributed by atoms with E-state index in [2.05, 4.69) is 29.4 Å².